The first-order chi connectivity index (χ1) is 17.0. The number of aryl methyl sites for hydroxylation is 1. The van der Waals surface area contributed by atoms with Gasteiger partial charge in [0.25, 0.3) is 5.91 Å². The smallest absolute Gasteiger partial charge is 0.253 e. The zero-order valence-electron chi connectivity index (χ0n) is 21.4. The number of amides is 2. The van der Waals surface area contributed by atoms with E-state index in [1.807, 2.05) is 40.1 Å². The van der Waals surface area contributed by atoms with E-state index in [2.05, 4.69) is 47.9 Å². The number of likely N-dealkylation sites (tertiary alicyclic amines) is 1. The van der Waals surface area contributed by atoms with Gasteiger partial charge in [-0.25, -0.2) is 0 Å². The Morgan fingerprint density at radius 1 is 0.857 bits per heavy atom. The van der Waals surface area contributed by atoms with Crippen molar-refractivity contribution in [2.24, 2.45) is 0 Å². The molecule has 0 atom stereocenters. The Balaban J connectivity index is 1.25. The van der Waals surface area contributed by atoms with Gasteiger partial charge < -0.3 is 9.80 Å². The lowest BCUT2D eigenvalue weighted by Crippen LogP contribution is -2.53. The molecule has 0 spiro atoms. The molecule has 2 aromatic rings. The van der Waals surface area contributed by atoms with Crippen LogP contribution in [0.1, 0.15) is 47.7 Å². The Morgan fingerprint density at radius 2 is 1.51 bits per heavy atom. The number of hydrogen-bond donors (Lipinski definition) is 0. The van der Waals surface area contributed by atoms with Crippen molar-refractivity contribution in [2.75, 3.05) is 52.4 Å². The van der Waals surface area contributed by atoms with Crippen molar-refractivity contribution >= 4 is 11.8 Å². The Hall–Kier alpha value is -2.70. The van der Waals surface area contributed by atoms with E-state index in [1.165, 1.54) is 11.1 Å². The average Bonchev–Trinajstić information content (AvgIpc) is 2.90. The van der Waals surface area contributed by atoms with Crippen molar-refractivity contribution in [2.45, 2.75) is 45.7 Å². The minimum Gasteiger partial charge on any atom is -0.339 e. The number of piperazine rings is 1. The Labute approximate surface area is 210 Å². The molecule has 2 fully saturated rings. The molecule has 0 bridgehead atoms. The highest BCUT2D eigenvalue weighted by Crippen LogP contribution is 2.20. The van der Waals surface area contributed by atoms with Gasteiger partial charge in [0.15, 0.2) is 0 Å². The molecule has 4 rings (SSSR count). The molecule has 6 nitrogen and oxygen atoms in total. The summed E-state index contributed by atoms with van der Waals surface area (Å²) in [6, 6.07) is 18.5. The topological polar surface area (TPSA) is 47.1 Å². The van der Waals surface area contributed by atoms with Crippen LogP contribution in [-0.2, 0) is 11.3 Å². The number of nitrogens with zero attached hydrogens (tertiary/aromatic N) is 4. The first-order valence-corrected chi connectivity index (χ1v) is 13.2. The quantitative estimate of drug-likeness (QED) is 0.584. The van der Waals surface area contributed by atoms with Crippen molar-refractivity contribution in [3.8, 4) is 0 Å². The van der Waals surface area contributed by atoms with Crippen molar-refractivity contribution in [3.05, 3.63) is 71.3 Å². The summed E-state index contributed by atoms with van der Waals surface area (Å²) < 4.78 is 0. The first kappa shape index (κ1) is 25.4. The van der Waals surface area contributed by atoms with Crippen LogP contribution in [0.2, 0.25) is 0 Å². The highest BCUT2D eigenvalue weighted by Gasteiger charge is 2.30. The molecule has 188 valence electrons. The second kappa shape index (κ2) is 12.3. The van der Waals surface area contributed by atoms with Crippen molar-refractivity contribution in [1.82, 2.24) is 19.6 Å². The molecule has 0 aromatic heterocycles. The van der Waals surface area contributed by atoms with Crippen LogP contribution in [0.3, 0.4) is 0 Å². The first-order valence-electron chi connectivity index (χ1n) is 13.2. The lowest BCUT2D eigenvalue weighted by atomic mass is 10.0. The number of benzene rings is 2. The van der Waals surface area contributed by atoms with E-state index in [1.54, 1.807) is 0 Å². The average molecular weight is 477 g/mol. The van der Waals surface area contributed by atoms with E-state index in [4.69, 9.17) is 0 Å². The summed E-state index contributed by atoms with van der Waals surface area (Å²) in [4.78, 5) is 34.8. The Kier molecular flexibility index (Phi) is 8.94. The van der Waals surface area contributed by atoms with Gasteiger partial charge in [-0.2, -0.15) is 0 Å². The van der Waals surface area contributed by atoms with Gasteiger partial charge in [-0.15, -0.1) is 0 Å². The molecule has 2 heterocycles. The maximum atomic E-state index is 13.2. The van der Waals surface area contributed by atoms with Crippen LogP contribution >= 0.6 is 0 Å². The van der Waals surface area contributed by atoms with Gasteiger partial charge in [0, 0.05) is 57.4 Å². The van der Waals surface area contributed by atoms with E-state index in [9.17, 15) is 9.59 Å². The Bertz CT molecular complexity index is 964. The van der Waals surface area contributed by atoms with E-state index in [0.717, 1.165) is 77.2 Å². The predicted molar refractivity (Wildman–Crippen MR) is 140 cm³/mol. The van der Waals surface area contributed by atoms with Crippen LogP contribution in [0.4, 0.5) is 0 Å². The summed E-state index contributed by atoms with van der Waals surface area (Å²) in [5.41, 5.74) is 3.46. The largest absolute Gasteiger partial charge is 0.339 e. The third-order valence-electron chi connectivity index (χ3n) is 7.52. The fourth-order valence-electron chi connectivity index (χ4n) is 5.33. The molecule has 6 heteroatoms. The number of carbonyl (C=O) groups excluding carboxylic acids is 2. The molecule has 2 aliphatic heterocycles. The van der Waals surface area contributed by atoms with Gasteiger partial charge in [-0.1, -0.05) is 49.4 Å². The van der Waals surface area contributed by atoms with E-state index in [-0.39, 0.29) is 11.8 Å². The van der Waals surface area contributed by atoms with Gasteiger partial charge in [-0.3, -0.25) is 19.4 Å². The van der Waals surface area contributed by atoms with Crippen LogP contribution in [0, 0.1) is 6.92 Å². The summed E-state index contributed by atoms with van der Waals surface area (Å²) in [5, 5.41) is 0. The predicted octanol–water partition coefficient (Wildman–Crippen LogP) is 3.66. The van der Waals surface area contributed by atoms with Crippen LogP contribution < -0.4 is 0 Å². The summed E-state index contributed by atoms with van der Waals surface area (Å²) >= 11 is 0. The summed E-state index contributed by atoms with van der Waals surface area (Å²) in [7, 11) is 0. The van der Waals surface area contributed by atoms with Crippen LogP contribution in [-0.4, -0.2) is 89.8 Å². The van der Waals surface area contributed by atoms with Gasteiger partial charge in [0.1, 0.15) is 0 Å². The minimum absolute atomic E-state index is 0.116. The van der Waals surface area contributed by atoms with Crippen molar-refractivity contribution < 1.29 is 9.59 Å². The second-order valence-electron chi connectivity index (χ2n) is 9.94. The number of rotatable bonds is 8. The van der Waals surface area contributed by atoms with E-state index < -0.39 is 0 Å². The zero-order valence-corrected chi connectivity index (χ0v) is 21.4. The second-order valence-corrected chi connectivity index (χ2v) is 9.94. The molecular formula is C29H40N4O2. The molecule has 2 aromatic carbocycles. The monoisotopic (exact) mass is 476 g/mol. The fraction of sp³-hybridized carbons (Fsp3) is 0.517. The summed E-state index contributed by atoms with van der Waals surface area (Å²) in [6.45, 7) is 11.7. The summed E-state index contributed by atoms with van der Waals surface area (Å²) in [5.74, 6) is 0.363. The molecule has 2 amide bonds. The maximum Gasteiger partial charge on any atom is 0.253 e. The van der Waals surface area contributed by atoms with E-state index in [0.29, 0.717) is 12.6 Å². The zero-order chi connectivity index (χ0) is 24.6. The molecule has 35 heavy (non-hydrogen) atoms. The lowest BCUT2D eigenvalue weighted by molar-refractivity contribution is -0.135. The highest BCUT2D eigenvalue weighted by molar-refractivity contribution is 5.94. The molecule has 0 aliphatic carbocycles. The van der Waals surface area contributed by atoms with Gasteiger partial charge >= 0.3 is 0 Å². The Morgan fingerprint density at radius 3 is 2.17 bits per heavy atom. The number of carbonyl (C=O) groups is 2. The van der Waals surface area contributed by atoms with E-state index >= 15 is 0 Å². The molecule has 2 aliphatic rings. The molecule has 0 saturated carbocycles. The van der Waals surface area contributed by atoms with Crippen molar-refractivity contribution in [3.63, 3.8) is 0 Å². The fourth-order valence-corrected chi connectivity index (χ4v) is 5.33. The molecule has 0 N–H and O–H groups in total. The normalized spacial score (nSPS) is 17.7. The third-order valence-corrected chi connectivity index (χ3v) is 7.52. The summed E-state index contributed by atoms with van der Waals surface area (Å²) in [6.07, 6.45) is 2.88. The van der Waals surface area contributed by atoms with Crippen LogP contribution in [0.25, 0.3) is 0 Å². The standard InChI is InChI=1S/C29H40N4O2/c1-3-15-33(27-13-16-32(17-14-27)29(35)25-10-5-4-6-11-25)23-28(34)31-20-18-30(19-21-31)22-26-12-8-7-9-24(26)2/h4-12,27H,3,13-23H2,1-2H3. The highest BCUT2D eigenvalue weighted by atomic mass is 16.2. The van der Waals surface area contributed by atoms with Crippen molar-refractivity contribution in [1.29, 1.82) is 0 Å². The maximum absolute atomic E-state index is 13.2. The van der Waals surface area contributed by atoms with Crippen LogP contribution in [0.15, 0.2) is 54.6 Å². The van der Waals surface area contributed by atoms with Gasteiger partial charge in [-0.05, 0) is 56.0 Å². The van der Waals surface area contributed by atoms with Gasteiger partial charge in [0.05, 0.1) is 6.54 Å². The molecular weight excluding hydrogens is 436 g/mol. The third kappa shape index (κ3) is 6.71. The molecule has 2 saturated heterocycles. The van der Waals surface area contributed by atoms with Gasteiger partial charge in [0.2, 0.25) is 5.91 Å². The molecule has 0 radical (unpaired) electrons. The number of hydrogen-bond acceptors (Lipinski definition) is 4. The van der Waals surface area contributed by atoms with Crippen LogP contribution in [0.5, 0.6) is 0 Å². The minimum atomic E-state index is 0.116. The lowest BCUT2D eigenvalue weighted by Gasteiger charge is -2.40. The number of piperidine rings is 1. The molecule has 0 unspecified atom stereocenters. The SMILES string of the molecule is CCCN(CC(=O)N1CCN(Cc2ccccc2C)CC1)C1CCN(C(=O)c2ccccc2)CC1.